The van der Waals surface area contributed by atoms with E-state index < -0.39 is 0 Å². The van der Waals surface area contributed by atoms with Crippen molar-refractivity contribution in [2.45, 2.75) is 38.3 Å². The second-order valence-electron chi connectivity index (χ2n) is 6.50. The molecule has 0 aromatic heterocycles. The summed E-state index contributed by atoms with van der Waals surface area (Å²) in [5.74, 6) is 0.258. The van der Waals surface area contributed by atoms with Crippen molar-refractivity contribution in [3.63, 3.8) is 0 Å². The fourth-order valence-electron chi connectivity index (χ4n) is 3.37. The molecule has 0 bridgehead atoms. The number of para-hydroxylation sites is 1. The number of carbonyl (C=O) groups is 1. The third-order valence-corrected chi connectivity index (χ3v) is 4.95. The van der Waals surface area contributed by atoms with E-state index in [-0.39, 0.29) is 11.8 Å². The molecule has 2 aliphatic rings. The third kappa shape index (κ3) is 3.21. The number of hydrogen-bond donors (Lipinski definition) is 2. The van der Waals surface area contributed by atoms with Gasteiger partial charge in [0.15, 0.2) is 0 Å². The molecule has 3 atom stereocenters. The van der Waals surface area contributed by atoms with Gasteiger partial charge < -0.3 is 15.5 Å². The zero-order chi connectivity index (χ0) is 14.8. The van der Waals surface area contributed by atoms with Gasteiger partial charge in [-0.25, -0.2) is 0 Å². The molecular formula is C17H25N3O. The van der Waals surface area contributed by atoms with E-state index in [1.54, 1.807) is 0 Å². The zero-order valence-corrected chi connectivity index (χ0v) is 12.9. The molecule has 4 heteroatoms. The van der Waals surface area contributed by atoms with Crippen LogP contribution in [0.15, 0.2) is 24.3 Å². The monoisotopic (exact) mass is 287 g/mol. The molecule has 3 rings (SSSR count). The van der Waals surface area contributed by atoms with Crippen molar-refractivity contribution in [3.05, 3.63) is 29.8 Å². The van der Waals surface area contributed by atoms with Gasteiger partial charge in [-0.05, 0) is 44.9 Å². The maximum Gasteiger partial charge on any atom is 0.225 e. The van der Waals surface area contributed by atoms with Crippen LogP contribution < -0.4 is 10.6 Å². The molecule has 0 aliphatic carbocycles. The van der Waals surface area contributed by atoms with Crippen LogP contribution in [0.3, 0.4) is 0 Å². The number of likely N-dealkylation sites (tertiary alicyclic amines) is 1. The van der Waals surface area contributed by atoms with Crippen molar-refractivity contribution < 1.29 is 4.79 Å². The van der Waals surface area contributed by atoms with Gasteiger partial charge >= 0.3 is 0 Å². The summed E-state index contributed by atoms with van der Waals surface area (Å²) in [7, 11) is 2.16. The number of hydrogen-bond acceptors (Lipinski definition) is 3. The van der Waals surface area contributed by atoms with Crippen molar-refractivity contribution in [3.8, 4) is 0 Å². The first kappa shape index (κ1) is 14.4. The summed E-state index contributed by atoms with van der Waals surface area (Å²) in [6.07, 6.45) is 2.96. The largest absolute Gasteiger partial charge is 0.384 e. The molecule has 2 heterocycles. The van der Waals surface area contributed by atoms with Crippen LogP contribution in [-0.2, 0) is 11.2 Å². The molecule has 1 aromatic carbocycles. The Morgan fingerprint density at radius 1 is 1.38 bits per heavy atom. The zero-order valence-electron chi connectivity index (χ0n) is 12.9. The molecule has 21 heavy (non-hydrogen) atoms. The highest BCUT2D eigenvalue weighted by Crippen LogP contribution is 2.25. The van der Waals surface area contributed by atoms with E-state index in [2.05, 4.69) is 41.6 Å². The predicted molar refractivity (Wildman–Crippen MR) is 85.4 cm³/mol. The van der Waals surface area contributed by atoms with Gasteiger partial charge in [-0.15, -0.1) is 0 Å². The van der Waals surface area contributed by atoms with Crippen LogP contribution in [0.2, 0.25) is 0 Å². The van der Waals surface area contributed by atoms with Gasteiger partial charge in [-0.1, -0.05) is 18.2 Å². The quantitative estimate of drug-likeness (QED) is 0.873. The molecule has 1 amide bonds. The standard InChI is InChI=1S/C17H25N3O/c1-12-9-15(7-8-20(12)2)19-17(21)14-10-13-5-3-4-6-16(13)18-11-14/h3-6,12,14-15,18H,7-11H2,1-2H3,(H,19,21). The summed E-state index contributed by atoms with van der Waals surface area (Å²) in [6.45, 7) is 4.04. The Morgan fingerprint density at radius 3 is 3.00 bits per heavy atom. The number of piperidine rings is 1. The number of nitrogens with one attached hydrogen (secondary N) is 2. The third-order valence-electron chi connectivity index (χ3n) is 4.95. The van der Waals surface area contributed by atoms with Crippen LogP contribution in [0.1, 0.15) is 25.3 Å². The Bertz CT molecular complexity index is 517. The SMILES string of the molecule is CC1CC(NC(=O)C2CNc3ccccc3C2)CCN1C. The van der Waals surface area contributed by atoms with Crippen molar-refractivity contribution >= 4 is 11.6 Å². The topological polar surface area (TPSA) is 44.4 Å². The highest BCUT2D eigenvalue weighted by atomic mass is 16.2. The summed E-state index contributed by atoms with van der Waals surface area (Å²) in [4.78, 5) is 14.9. The van der Waals surface area contributed by atoms with E-state index in [1.165, 1.54) is 11.3 Å². The molecular weight excluding hydrogens is 262 g/mol. The molecule has 2 aliphatic heterocycles. The first-order chi connectivity index (χ1) is 10.1. The minimum absolute atomic E-state index is 0.0508. The van der Waals surface area contributed by atoms with Crippen LogP contribution in [0.25, 0.3) is 0 Å². The average molecular weight is 287 g/mol. The van der Waals surface area contributed by atoms with Crippen LogP contribution >= 0.6 is 0 Å². The number of rotatable bonds is 2. The number of benzene rings is 1. The molecule has 0 saturated carbocycles. The summed E-state index contributed by atoms with van der Waals surface area (Å²) in [5, 5.41) is 6.64. The van der Waals surface area contributed by atoms with Gasteiger partial charge in [0.25, 0.3) is 0 Å². The summed E-state index contributed by atoms with van der Waals surface area (Å²) < 4.78 is 0. The first-order valence-electron chi connectivity index (χ1n) is 7.96. The lowest BCUT2D eigenvalue weighted by atomic mass is 9.92. The Morgan fingerprint density at radius 2 is 2.19 bits per heavy atom. The summed E-state index contributed by atoms with van der Waals surface area (Å²) in [6, 6.07) is 9.16. The highest BCUT2D eigenvalue weighted by Gasteiger charge is 2.28. The molecule has 1 fully saturated rings. The maximum atomic E-state index is 12.5. The van der Waals surface area contributed by atoms with E-state index in [0.717, 1.165) is 32.4 Å². The maximum absolute atomic E-state index is 12.5. The Hall–Kier alpha value is -1.55. The Kier molecular flexibility index (Phi) is 4.15. The van der Waals surface area contributed by atoms with Gasteiger partial charge in [-0.2, -0.15) is 0 Å². The molecule has 1 aromatic rings. The lowest BCUT2D eigenvalue weighted by Crippen LogP contribution is -2.50. The van der Waals surface area contributed by atoms with Crippen LogP contribution in [-0.4, -0.2) is 43.0 Å². The van der Waals surface area contributed by atoms with E-state index >= 15 is 0 Å². The number of anilines is 1. The molecule has 0 radical (unpaired) electrons. The molecule has 3 unspecified atom stereocenters. The van der Waals surface area contributed by atoms with Crippen molar-refractivity contribution in [2.75, 3.05) is 25.5 Å². The number of nitrogens with zero attached hydrogens (tertiary/aromatic N) is 1. The normalized spacial score (nSPS) is 29.3. The van der Waals surface area contributed by atoms with E-state index in [1.807, 2.05) is 12.1 Å². The van der Waals surface area contributed by atoms with E-state index in [4.69, 9.17) is 0 Å². The van der Waals surface area contributed by atoms with Crippen molar-refractivity contribution in [2.24, 2.45) is 5.92 Å². The van der Waals surface area contributed by atoms with Crippen LogP contribution in [0, 0.1) is 5.92 Å². The summed E-state index contributed by atoms with van der Waals surface area (Å²) in [5.41, 5.74) is 2.43. The summed E-state index contributed by atoms with van der Waals surface area (Å²) >= 11 is 0. The average Bonchev–Trinajstić information content (AvgIpc) is 2.50. The second-order valence-corrected chi connectivity index (χ2v) is 6.50. The van der Waals surface area contributed by atoms with Crippen LogP contribution in [0.4, 0.5) is 5.69 Å². The highest BCUT2D eigenvalue weighted by molar-refractivity contribution is 5.81. The number of amides is 1. The second kappa shape index (κ2) is 6.06. The Balaban J connectivity index is 1.57. The van der Waals surface area contributed by atoms with Gasteiger partial charge in [0.2, 0.25) is 5.91 Å². The van der Waals surface area contributed by atoms with Crippen molar-refractivity contribution in [1.82, 2.24) is 10.2 Å². The van der Waals surface area contributed by atoms with Gasteiger partial charge in [0.1, 0.15) is 0 Å². The van der Waals surface area contributed by atoms with Crippen molar-refractivity contribution in [1.29, 1.82) is 0 Å². The first-order valence-corrected chi connectivity index (χ1v) is 7.96. The smallest absolute Gasteiger partial charge is 0.225 e. The molecule has 0 spiro atoms. The minimum Gasteiger partial charge on any atom is -0.384 e. The van der Waals surface area contributed by atoms with Crippen LogP contribution in [0.5, 0.6) is 0 Å². The lowest BCUT2D eigenvalue weighted by Gasteiger charge is -2.36. The fourth-order valence-corrected chi connectivity index (χ4v) is 3.37. The minimum atomic E-state index is 0.0508. The lowest BCUT2D eigenvalue weighted by molar-refractivity contribution is -0.125. The van der Waals surface area contributed by atoms with Gasteiger partial charge in [-0.3, -0.25) is 4.79 Å². The van der Waals surface area contributed by atoms with Gasteiger partial charge in [0, 0.05) is 30.9 Å². The number of carbonyl (C=O) groups excluding carboxylic acids is 1. The number of fused-ring (bicyclic) bond motifs is 1. The molecule has 2 N–H and O–H groups in total. The Labute approximate surface area is 126 Å². The molecule has 114 valence electrons. The van der Waals surface area contributed by atoms with E-state index in [9.17, 15) is 4.79 Å². The molecule has 4 nitrogen and oxygen atoms in total. The predicted octanol–water partition coefficient (Wildman–Crippen LogP) is 1.87. The van der Waals surface area contributed by atoms with E-state index in [0.29, 0.717) is 12.1 Å². The van der Waals surface area contributed by atoms with Gasteiger partial charge in [0.05, 0.1) is 5.92 Å². The fraction of sp³-hybridized carbons (Fsp3) is 0.588. The molecule has 1 saturated heterocycles.